The molecule has 18 heavy (non-hydrogen) atoms. The van der Waals surface area contributed by atoms with E-state index in [4.69, 9.17) is 0 Å². The Labute approximate surface area is 107 Å². The first kappa shape index (κ1) is 14.2. The molecule has 0 aliphatic rings. The predicted octanol–water partition coefficient (Wildman–Crippen LogP) is 1.45. The van der Waals surface area contributed by atoms with Crippen molar-refractivity contribution in [1.29, 1.82) is 0 Å². The van der Waals surface area contributed by atoms with Gasteiger partial charge in [0.05, 0.1) is 0 Å². The highest BCUT2D eigenvalue weighted by molar-refractivity contribution is 5.73. The molecule has 1 N–H and O–H groups in total. The van der Waals surface area contributed by atoms with Crippen molar-refractivity contribution >= 4 is 18.1 Å². The molecule has 1 aromatic heterocycles. The third-order valence-electron chi connectivity index (χ3n) is 2.79. The van der Waals surface area contributed by atoms with Gasteiger partial charge in [0.15, 0.2) is 0 Å². The van der Waals surface area contributed by atoms with Crippen LogP contribution in [-0.2, 0) is 16.0 Å². The quantitative estimate of drug-likeness (QED) is 0.744. The minimum Gasteiger partial charge on any atom is -0.343 e. The first-order chi connectivity index (χ1) is 8.69. The van der Waals surface area contributed by atoms with Crippen LogP contribution in [0.4, 0.5) is 5.82 Å². The topological polar surface area (TPSA) is 62.3 Å². The molecule has 0 atom stereocenters. The molecule has 0 spiro atoms. The summed E-state index contributed by atoms with van der Waals surface area (Å²) in [5, 5.41) is 2.58. The molecular weight excluding hydrogens is 230 g/mol. The van der Waals surface area contributed by atoms with E-state index in [0.29, 0.717) is 12.2 Å². The molecule has 0 aromatic carbocycles. The van der Waals surface area contributed by atoms with Crippen molar-refractivity contribution in [3.05, 3.63) is 23.9 Å². The zero-order valence-corrected chi connectivity index (χ0v) is 10.8. The summed E-state index contributed by atoms with van der Waals surface area (Å²) >= 11 is 0. The summed E-state index contributed by atoms with van der Waals surface area (Å²) in [6, 6.07) is 3.77. The number of aryl methyl sites for hydroxylation is 1. The Bertz CT molecular complexity index is 407. The van der Waals surface area contributed by atoms with Gasteiger partial charge in [-0.05, 0) is 31.4 Å². The van der Waals surface area contributed by atoms with Crippen LogP contribution < -0.4 is 5.32 Å². The van der Waals surface area contributed by atoms with Crippen molar-refractivity contribution in [3.63, 3.8) is 0 Å². The Balaban J connectivity index is 2.52. The maximum absolute atomic E-state index is 11.2. The van der Waals surface area contributed by atoms with Gasteiger partial charge in [-0.25, -0.2) is 4.98 Å². The molecule has 0 unspecified atom stereocenters. The van der Waals surface area contributed by atoms with E-state index in [9.17, 15) is 9.59 Å². The van der Waals surface area contributed by atoms with Crippen molar-refractivity contribution in [2.75, 3.05) is 18.4 Å². The average molecular weight is 249 g/mol. The number of amides is 2. The van der Waals surface area contributed by atoms with Crippen molar-refractivity contribution in [3.8, 4) is 0 Å². The lowest BCUT2D eigenvalue weighted by molar-refractivity contribution is -0.128. The fraction of sp³-hybridized carbons (Fsp3) is 0.462. The molecule has 1 rings (SSSR count). The molecule has 0 saturated carbocycles. The fourth-order valence-corrected chi connectivity index (χ4v) is 1.82. The number of nitrogens with one attached hydrogen (secondary N) is 1. The second kappa shape index (κ2) is 7.42. The number of nitrogens with zero attached hydrogens (tertiary/aromatic N) is 2. The van der Waals surface area contributed by atoms with E-state index in [0.717, 1.165) is 31.5 Å². The maximum Gasteiger partial charge on any atom is 0.219 e. The van der Waals surface area contributed by atoms with Gasteiger partial charge >= 0.3 is 0 Å². The number of anilines is 1. The van der Waals surface area contributed by atoms with Gasteiger partial charge in [-0.15, -0.1) is 0 Å². The van der Waals surface area contributed by atoms with Crippen LogP contribution >= 0.6 is 0 Å². The molecule has 0 aliphatic carbocycles. The number of hydrogen-bond acceptors (Lipinski definition) is 3. The van der Waals surface area contributed by atoms with Gasteiger partial charge in [-0.2, -0.15) is 0 Å². The second-order valence-electron chi connectivity index (χ2n) is 3.98. The van der Waals surface area contributed by atoms with Crippen LogP contribution in [0.25, 0.3) is 0 Å². The SMILES string of the molecule is CCN(CCCc1cccnc1NC=O)C(C)=O. The summed E-state index contributed by atoms with van der Waals surface area (Å²) in [7, 11) is 0. The fourth-order valence-electron chi connectivity index (χ4n) is 1.82. The summed E-state index contributed by atoms with van der Waals surface area (Å²) in [6.45, 7) is 4.99. The third kappa shape index (κ3) is 4.16. The van der Waals surface area contributed by atoms with E-state index in [-0.39, 0.29) is 5.91 Å². The van der Waals surface area contributed by atoms with Gasteiger partial charge in [0.1, 0.15) is 5.82 Å². The van der Waals surface area contributed by atoms with Gasteiger partial charge < -0.3 is 10.2 Å². The van der Waals surface area contributed by atoms with E-state index >= 15 is 0 Å². The highest BCUT2D eigenvalue weighted by atomic mass is 16.2. The largest absolute Gasteiger partial charge is 0.343 e. The van der Waals surface area contributed by atoms with Gasteiger partial charge in [0.25, 0.3) is 0 Å². The summed E-state index contributed by atoms with van der Waals surface area (Å²) < 4.78 is 0. The molecule has 5 nitrogen and oxygen atoms in total. The zero-order chi connectivity index (χ0) is 13.4. The molecule has 1 aromatic rings. The van der Waals surface area contributed by atoms with Crippen LogP contribution in [-0.4, -0.2) is 35.3 Å². The minimum atomic E-state index is 0.0925. The second-order valence-corrected chi connectivity index (χ2v) is 3.98. The van der Waals surface area contributed by atoms with Crippen LogP contribution in [0.5, 0.6) is 0 Å². The Morgan fingerprint density at radius 3 is 2.94 bits per heavy atom. The first-order valence-electron chi connectivity index (χ1n) is 6.08. The van der Waals surface area contributed by atoms with Crippen LogP contribution in [0.15, 0.2) is 18.3 Å². The Hall–Kier alpha value is -1.91. The van der Waals surface area contributed by atoms with E-state index in [1.807, 2.05) is 19.1 Å². The maximum atomic E-state index is 11.2. The standard InChI is InChI=1S/C13H19N3O2/c1-3-16(11(2)18)9-5-7-12-6-4-8-14-13(12)15-10-17/h4,6,8,10H,3,5,7,9H2,1-2H3,(H,14,15,17). The van der Waals surface area contributed by atoms with Crippen molar-refractivity contribution in [2.45, 2.75) is 26.7 Å². The van der Waals surface area contributed by atoms with Crippen molar-refractivity contribution < 1.29 is 9.59 Å². The van der Waals surface area contributed by atoms with Gasteiger partial charge in [-0.1, -0.05) is 6.07 Å². The summed E-state index contributed by atoms with van der Waals surface area (Å²) in [5.74, 6) is 0.688. The van der Waals surface area contributed by atoms with E-state index < -0.39 is 0 Å². The Morgan fingerprint density at radius 1 is 1.56 bits per heavy atom. The normalized spacial score (nSPS) is 9.89. The monoisotopic (exact) mass is 249 g/mol. The van der Waals surface area contributed by atoms with Gasteiger partial charge in [0.2, 0.25) is 12.3 Å². The minimum absolute atomic E-state index is 0.0925. The van der Waals surface area contributed by atoms with Crippen LogP contribution in [0, 0.1) is 0 Å². The van der Waals surface area contributed by atoms with Crippen molar-refractivity contribution in [1.82, 2.24) is 9.88 Å². The lowest BCUT2D eigenvalue weighted by Gasteiger charge is -2.18. The smallest absolute Gasteiger partial charge is 0.219 e. The number of aromatic nitrogens is 1. The summed E-state index contributed by atoms with van der Waals surface area (Å²) in [6.07, 6.45) is 3.91. The first-order valence-corrected chi connectivity index (χ1v) is 6.08. The van der Waals surface area contributed by atoms with E-state index in [2.05, 4.69) is 10.3 Å². The molecular formula is C13H19N3O2. The number of carbonyl (C=O) groups excluding carboxylic acids is 2. The highest BCUT2D eigenvalue weighted by Gasteiger charge is 2.07. The van der Waals surface area contributed by atoms with E-state index in [1.165, 1.54) is 0 Å². The van der Waals surface area contributed by atoms with Crippen LogP contribution in [0.2, 0.25) is 0 Å². The molecule has 0 fully saturated rings. The van der Waals surface area contributed by atoms with Crippen LogP contribution in [0.1, 0.15) is 25.8 Å². The van der Waals surface area contributed by atoms with E-state index in [1.54, 1.807) is 18.0 Å². The number of rotatable bonds is 7. The number of hydrogen-bond donors (Lipinski definition) is 1. The molecule has 98 valence electrons. The number of carbonyl (C=O) groups is 2. The lowest BCUT2D eigenvalue weighted by atomic mass is 10.1. The molecule has 5 heteroatoms. The Kier molecular flexibility index (Phi) is 5.84. The molecule has 0 bridgehead atoms. The van der Waals surface area contributed by atoms with Gasteiger partial charge in [-0.3, -0.25) is 9.59 Å². The summed E-state index contributed by atoms with van der Waals surface area (Å²) in [5.41, 5.74) is 0.990. The molecule has 1 heterocycles. The average Bonchev–Trinajstić information content (AvgIpc) is 2.36. The zero-order valence-electron chi connectivity index (χ0n) is 10.8. The highest BCUT2D eigenvalue weighted by Crippen LogP contribution is 2.13. The lowest BCUT2D eigenvalue weighted by Crippen LogP contribution is -2.29. The van der Waals surface area contributed by atoms with Crippen LogP contribution in [0.3, 0.4) is 0 Å². The molecule has 0 radical (unpaired) electrons. The third-order valence-corrected chi connectivity index (χ3v) is 2.79. The molecule has 0 saturated heterocycles. The predicted molar refractivity (Wildman–Crippen MR) is 70.2 cm³/mol. The number of pyridine rings is 1. The summed E-state index contributed by atoms with van der Waals surface area (Å²) in [4.78, 5) is 27.6. The Morgan fingerprint density at radius 2 is 2.33 bits per heavy atom. The van der Waals surface area contributed by atoms with Crippen molar-refractivity contribution in [2.24, 2.45) is 0 Å². The molecule has 2 amide bonds. The molecule has 0 aliphatic heterocycles. The van der Waals surface area contributed by atoms with Gasteiger partial charge in [0, 0.05) is 26.2 Å².